The van der Waals surface area contributed by atoms with Gasteiger partial charge in [-0.25, -0.2) is 9.98 Å². The van der Waals surface area contributed by atoms with Gasteiger partial charge in [-0.05, 0) is 91.4 Å². The second-order valence-corrected chi connectivity index (χ2v) is 12.9. The molecule has 0 bridgehead atoms. The summed E-state index contributed by atoms with van der Waals surface area (Å²) in [6.07, 6.45) is 6.50. The van der Waals surface area contributed by atoms with E-state index in [4.69, 9.17) is 9.98 Å². The van der Waals surface area contributed by atoms with Crippen LogP contribution < -0.4 is 5.32 Å². The van der Waals surface area contributed by atoms with Crippen LogP contribution in [-0.2, 0) is 6.42 Å². The number of nitrogens with zero attached hydrogens (tertiary/aromatic N) is 2. The van der Waals surface area contributed by atoms with Gasteiger partial charge in [0.15, 0.2) is 6.17 Å². The fourth-order valence-electron chi connectivity index (χ4n) is 7.88. The molecule has 2 unspecified atom stereocenters. The first-order valence-corrected chi connectivity index (χ1v) is 16.5. The number of rotatable bonds is 3. The van der Waals surface area contributed by atoms with Crippen molar-refractivity contribution in [2.24, 2.45) is 15.9 Å². The lowest BCUT2D eigenvalue weighted by molar-refractivity contribution is 0.571. The molecule has 1 heterocycles. The summed E-state index contributed by atoms with van der Waals surface area (Å²) in [7, 11) is 0. The summed E-state index contributed by atoms with van der Waals surface area (Å²) in [6.45, 7) is 2.39. The zero-order chi connectivity index (χ0) is 30.6. The van der Waals surface area contributed by atoms with Gasteiger partial charge >= 0.3 is 0 Å². The molecule has 6 aromatic rings. The first-order chi connectivity index (χ1) is 22.7. The van der Waals surface area contributed by atoms with Crippen LogP contribution in [0.1, 0.15) is 54.6 Å². The van der Waals surface area contributed by atoms with Gasteiger partial charge in [-0.1, -0.05) is 128 Å². The normalized spacial score (nSPS) is 19.5. The van der Waals surface area contributed by atoms with E-state index in [1.807, 2.05) is 0 Å². The first-order valence-electron chi connectivity index (χ1n) is 16.5. The van der Waals surface area contributed by atoms with Crippen molar-refractivity contribution in [2.45, 2.75) is 38.8 Å². The molecule has 3 aliphatic rings. The van der Waals surface area contributed by atoms with Gasteiger partial charge in [-0.3, -0.25) is 0 Å². The summed E-state index contributed by atoms with van der Waals surface area (Å²) in [5.41, 5.74) is 9.23. The molecule has 1 N–H and O–H groups in total. The predicted octanol–water partition coefficient (Wildman–Crippen LogP) is 10.3. The standard InChI is InChI=1S/C43H35N3/c1-27-12-10-22-36-33-18-6-3-14-29(33)24-31(26-39(27)36)41-44-42(38-23-11-16-28-13-2-5-17-32(28)38)46-43(45-41)40-25-30-15-4-7-19-34(30)35-20-8-9-21-37(35)40/h2-9,11,13-21,23,25-27,43H,10,12,22,24H2,1H3,(H,44,45,46). The molecule has 6 aromatic carbocycles. The smallest absolute Gasteiger partial charge is 0.170 e. The summed E-state index contributed by atoms with van der Waals surface area (Å²) in [6, 6.07) is 43.8. The molecule has 0 saturated carbocycles. The Labute approximate surface area is 269 Å². The number of aliphatic imine (C=N–C) groups is 2. The second kappa shape index (κ2) is 11.0. The van der Waals surface area contributed by atoms with Crippen LogP contribution in [0.3, 0.4) is 0 Å². The summed E-state index contributed by atoms with van der Waals surface area (Å²) in [5, 5.41) is 11.1. The lowest BCUT2D eigenvalue weighted by Crippen LogP contribution is -2.37. The van der Waals surface area contributed by atoms with Crippen LogP contribution >= 0.6 is 0 Å². The van der Waals surface area contributed by atoms with E-state index in [9.17, 15) is 0 Å². The topological polar surface area (TPSA) is 36.8 Å². The highest BCUT2D eigenvalue weighted by Gasteiger charge is 2.29. The van der Waals surface area contributed by atoms with E-state index in [0.29, 0.717) is 5.92 Å². The summed E-state index contributed by atoms with van der Waals surface area (Å²) >= 11 is 0. The Hall–Kier alpha value is -5.28. The van der Waals surface area contributed by atoms with Crippen molar-refractivity contribution in [3.05, 3.63) is 161 Å². The Balaban J connectivity index is 1.28. The molecule has 0 amide bonds. The van der Waals surface area contributed by atoms with Gasteiger partial charge < -0.3 is 5.32 Å². The maximum atomic E-state index is 5.49. The Morgan fingerprint density at radius 3 is 2.20 bits per heavy atom. The van der Waals surface area contributed by atoms with Crippen molar-refractivity contribution >= 4 is 49.6 Å². The van der Waals surface area contributed by atoms with Gasteiger partial charge in [-0.2, -0.15) is 0 Å². The minimum absolute atomic E-state index is 0.392. The molecule has 0 fully saturated rings. The Kier molecular flexibility index (Phi) is 6.45. The van der Waals surface area contributed by atoms with Gasteiger partial charge in [0.05, 0.1) is 0 Å². The number of hydrogen-bond donors (Lipinski definition) is 1. The van der Waals surface area contributed by atoms with Crippen molar-refractivity contribution in [2.75, 3.05) is 0 Å². The quantitative estimate of drug-likeness (QED) is 0.204. The lowest BCUT2D eigenvalue weighted by Gasteiger charge is -2.26. The number of hydrogen-bond acceptors (Lipinski definition) is 3. The minimum Gasteiger partial charge on any atom is -0.325 e. The molecule has 3 heteroatoms. The molecule has 0 spiro atoms. The number of benzene rings is 6. The molecule has 1 aliphatic heterocycles. The molecule has 2 aliphatic carbocycles. The van der Waals surface area contributed by atoms with Gasteiger partial charge in [0.2, 0.25) is 0 Å². The Bertz CT molecular complexity index is 2310. The largest absolute Gasteiger partial charge is 0.325 e. The maximum absolute atomic E-state index is 5.49. The van der Waals surface area contributed by atoms with Crippen molar-refractivity contribution in [1.29, 1.82) is 0 Å². The van der Waals surface area contributed by atoms with Gasteiger partial charge in [-0.15, -0.1) is 0 Å². The Morgan fingerprint density at radius 1 is 0.630 bits per heavy atom. The van der Waals surface area contributed by atoms with Crippen LogP contribution in [0.4, 0.5) is 0 Å². The summed E-state index contributed by atoms with van der Waals surface area (Å²) in [4.78, 5) is 10.9. The first kappa shape index (κ1) is 27.1. The third-order valence-electron chi connectivity index (χ3n) is 10.2. The summed E-state index contributed by atoms with van der Waals surface area (Å²) in [5.74, 6) is 2.30. The third-order valence-corrected chi connectivity index (χ3v) is 10.2. The predicted molar refractivity (Wildman–Crippen MR) is 193 cm³/mol. The van der Waals surface area contributed by atoms with Gasteiger partial charge in [0.1, 0.15) is 11.7 Å². The molecule has 222 valence electrons. The van der Waals surface area contributed by atoms with E-state index in [2.05, 4.69) is 140 Å². The van der Waals surface area contributed by atoms with Crippen LogP contribution in [0.15, 0.2) is 149 Å². The zero-order valence-corrected chi connectivity index (χ0v) is 26.0. The number of fused-ring (bicyclic) bond motifs is 6. The Morgan fingerprint density at radius 2 is 1.30 bits per heavy atom. The SMILES string of the molecule is CC1CCCC2=C1C=C(C1=NC(c3cc4ccccc4c4ccccc34)N=C(c3cccc4ccccc34)N1)Cc1ccccc12. The van der Waals surface area contributed by atoms with Crippen molar-refractivity contribution in [3.63, 3.8) is 0 Å². The van der Waals surface area contributed by atoms with Crippen LogP contribution in [-0.4, -0.2) is 11.7 Å². The molecule has 0 radical (unpaired) electrons. The molecular weight excluding hydrogens is 558 g/mol. The molecule has 9 rings (SSSR count). The minimum atomic E-state index is -0.392. The highest BCUT2D eigenvalue weighted by Crippen LogP contribution is 2.42. The molecule has 2 atom stereocenters. The van der Waals surface area contributed by atoms with Crippen LogP contribution in [0.25, 0.3) is 37.9 Å². The highest BCUT2D eigenvalue weighted by atomic mass is 15.2. The van der Waals surface area contributed by atoms with Crippen LogP contribution in [0.5, 0.6) is 0 Å². The van der Waals surface area contributed by atoms with E-state index in [1.54, 1.807) is 0 Å². The number of amidine groups is 2. The molecule has 46 heavy (non-hydrogen) atoms. The third kappa shape index (κ3) is 4.49. The van der Waals surface area contributed by atoms with Crippen LogP contribution in [0, 0.1) is 5.92 Å². The maximum Gasteiger partial charge on any atom is 0.170 e. The van der Waals surface area contributed by atoms with Gasteiger partial charge in [0, 0.05) is 17.5 Å². The summed E-state index contributed by atoms with van der Waals surface area (Å²) < 4.78 is 0. The van der Waals surface area contributed by atoms with Crippen LogP contribution in [0.2, 0.25) is 0 Å². The van der Waals surface area contributed by atoms with E-state index in [-0.39, 0.29) is 0 Å². The fraction of sp³-hybridized carbons (Fsp3) is 0.163. The monoisotopic (exact) mass is 593 g/mol. The second-order valence-electron chi connectivity index (χ2n) is 12.9. The molecule has 3 nitrogen and oxygen atoms in total. The van der Waals surface area contributed by atoms with Crippen molar-refractivity contribution in [1.82, 2.24) is 5.32 Å². The van der Waals surface area contributed by atoms with E-state index in [0.717, 1.165) is 35.6 Å². The average Bonchev–Trinajstić information content (AvgIpc) is 3.29. The van der Waals surface area contributed by atoms with Crippen molar-refractivity contribution < 1.29 is 0 Å². The van der Waals surface area contributed by atoms with E-state index >= 15 is 0 Å². The number of nitrogens with one attached hydrogen (secondary N) is 1. The molecule has 0 aromatic heterocycles. The van der Waals surface area contributed by atoms with Gasteiger partial charge in [0.25, 0.3) is 0 Å². The fourth-order valence-corrected chi connectivity index (χ4v) is 7.88. The molecule has 0 saturated heterocycles. The molecular formula is C43H35N3. The van der Waals surface area contributed by atoms with Crippen molar-refractivity contribution in [3.8, 4) is 0 Å². The highest BCUT2D eigenvalue weighted by molar-refractivity contribution is 6.20. The average molecular weight is 594 g/mol. The number of allylic oxidation sites excluding steroid dienone is 3. The lowest BCUT2D eigenvalue weighted by atomic mass is 9.80. The van der Waals surface area contributed by atoms with E-state index in [1.165, 1.54) is 73.0 Å². The zero-order valence-electron chi connectivity index (χ0n) is 26.0. The van der Waals surface area contributed by atoms with E-state index < -0.39 is 6.17 Å².